The molecule has 2 N–H and O–H groups in total. The first-order chi connectivity index (χ1) is 15.1. The molecule has 166 valence electrons. The van der Waals surface area contributed by atoms with E-state index in [1.165, 1.54) is 0 Å². The summed E-state index contributed by atoms with van der Waals surface area (Å²) in [4.78, 5) is 18.5. The Morgan fingerprint density at radius 1 is 1.23 bits per heavy atom. The van der Waals surface area contributed by atoms with Gasteiger partial charge in [0.15, 0.2) is 11.8 Å². The zero-order valence-corrected chi connectivity index (χ0v) is 18.3. The minimum Gasteiger partial charge on any atom is -0.376 e. The van der Waals surface area contributed by atoms with E-state index in [1.54, 1.807) is 0 Å². The van der Waals surface area contributed by atoms with E-state index in [2.05, 4.69) is 20.8 Å². The Labute approximate surface area is 182 Å². The van der Waals surface area contributed by atoms with E-state index >= 15 is 0 Å². The average molecular weight is 426 g/mol. The monoisotopic (exact) mass is 425 g/mol. The van der Waals surface area contributed by atoms with Gasteiger partial charge in [-0.1, -0.05) is 12.1 Å². The number of hydrogen-bond donors (Lipinski definition) is 2. The van der Waals surface area contributed by atoms with Gasteiger partial charge in [-0.2, -0.15) is 0 Å². The lowest BCUT2D eigenvalue weighted by Crippen LogP contribution is -2.41. The number of guanidine groups is 1. The molecule has 1 aromatic heterocycles. The summed E-state index contributed by atoms with van der Waals surface area (Å²) in [5.41, 5.74) is 2.05. The number of aryl methyl sites for hydroxylation is 1. The third-order valence-electron chi connectivity index (χ3n) is 5.86. The Kier molecular flexibility index (Phi) is 6.81. The van der Waals surface area contributed by atoms with Crippen molar-refractivity contribution in [3.8, 4) is 0 Å². The van der Waals surface area contributed by atoms with Crippen LogP contribution in [-0.4, -0.2) is 52.4 Å². The van der Waals surface area contributed by atoms with Gasteiger partial charge in [0.1, 0.15) is 5.82 Å². The fourth-order valence-corrected chi connectivity index (χ4v) is 3.83. The standard InChI is InChI=1S/C22H31N7O2/c1-16-26-27-20(28(16)2)15-25-22(24-14-19-5-4-12-31-19)23-13-17-7-9-18(10-8-17)29-11-3-6-21(29)30/h7-10,19H,3-6,11-15H2,1-2H3,(H2,23,24,25). The van der Waals surface area contributed by atoms with Crippen molar-refractivity contribution in [2.24, 2.45) is 12.0 Å². The molecule has 0 bridgehead atoms. The SMILES string of the molecule is Cc1nnc(CNC(=NCc2ccc(N3CCCC3=O)cc2)NCC2CCCO2)n1C. The van der Waals surface area contributed by atoms with Gasteiger partial charge in [0.2, 0.25) is 5.91 Å². The summed E-state index contributed by atoms with van der Waals surface area (Å²) >= 11 is 0. The summed E-state index contributed by atoms with van der Waals surface area (Å²) in [6.07, 6.45) is 3.97. The van der Waals surface area contributed by atoms with Gasteiger partial charge in [-0.15, -0.1) is 10.2 Å². The van der Waals surface area contributed by atoms with Crippen LogP contribution in [0.3, 0.4) is 0 Å². The van der Waals surface area contributed by atoms with Crippen molar-refractivity contribution >= 4 is 17.6 Å². The number of carbonyl (C=O) groups excluding carboxylic acids is 1. The number of aliphatic imine (C=N–C) groups is 1. The Hall–Kier alpha value is -2.94. The quantitative estimate of drug-likeness (QED) is 0.517. The molecule has 0 saturated carbocycles. The van der Waals surface area contributed by atoms with Crippen LogP contribution < -0.4 is 15.5 Å². The van der Waals surface area contributed by atoms with E-state index < -0.39 is 0 Å². The Balaban J connectivity index is 1.39. The largest absolute Gasteiger partial charge is 0.376 e. The highest BCUT2D eigenvalue weighted by atomic mass is 16.5. The van der Waals surface area contributed by atoms with Crippen LogP contribution in [-0.2, 0) is 29.7 Å². The molecular weight excluding hydrogens is 394 g/mol. The molecule has 31 heavy (non-hydrogen) atoms. The van der Waals surface area contributed by atoms with Gasteiger partial charge < -0.3 is 24.8 Å². The molecule has 9 nitrogen and oxygen atoms in total. The molecule has 0 aliphatic carbocycles. The van der Waals surface area contributed by atoms with E-state index in [4.69, 9.17) is 9.73 Å². The summed E-state index contributed by atoms with van der Waals surface area (Å²) < 4.78 is 7.68. The second-order valence-corrected chi connectivity index (χ2v) is 8.07. The van der Waals surface area contributed by atoms with Crippen LogP contribution in [0.15, 0.2) is 29.3 Å². The van der Waals surface area contributed by atoms with Gasteiger partial charge in [-0.05, 0) is 43.9 Å². The topological polar surface area (TPSA) is 96.7 Å². The zero-order valence-electron chi connectivity index (χ0n) is 18.3. The van der Waals surface area contributed by atoms with Crippen molar-refractivity contribution in [3.05, 3.63) is 41.5 Å². The normalized spacial score (nSPS) is 19.3. The van der Waals surface area contributed by atoms with Crippen LogP contribution in [0.1, 0.15) is 42.9 Å². The molecule has 2 aromatic rings. The minimum atomic E-state index is 0.203. The highest BCUT2D eigenvalue weighted by molar-refractivity contribution is 5.95. The van der Waals surface area contributed by atoms with Crippen molar-refractivity contribution in [2.45, 2.75) is 51.8 Å². The average Bonchev–Trinajstić information content (AvgIpc) is 3.52. The van der Waals surface area contributed by atoms with E-state index in [9.17, 15) is 4.79 Å². The Morgan fingerprint density at radius 3 is 2.71 bits per heavy atom. The third-order valence-corrected chi connectivity index (χ3v) is 5.86. The number of rotatable bonds is 7. The predicted octanol–water partition coefficient (Wildman–Crippen LogP) is 1.66. The predicted molar refractivity (Wildman–Crippen MR) is 119 cm³/mol. The maximum atomic E-state index is 11.9. The van der Waals surface area contributed by atoms with Crippen LogP contribution in [0.25, 0.3) is 0 Å². The maximum Gasteiger partial charge on any atom is 0.227 e. The number of anilines is 1. The van der Waals surface area contributed by atoms with Crippen molar-refractivity contribution < 1.29 is 9.53 Å². The lowest BCUT2D eigenvalue weighted by molar-refractivity contribution is -0.117. The van der Waals surface area contributed by atoms with Crippen LogP contribution >= 0.6 is 0 Å². The molecule has 2 fully saturated rings. The second-order valence-electron chi connectivity index (χ2n) is 8.07. The molecule has 9 heteroatoms. The van der Waals surface area contributed by atoms with Gasteiger partial charge in [0.25, 0.3) is 0 Å². The first kappa shape index (κ1) is 21.3. The molecule has 2 saturated heterocycles. The Bertz CT molecular complexity index is 916. The summed E-state index contributed by atoms with van der Waals surface area (Å²) in [5, 5.41) is 15.1. The highest BCUT2D eigenvalue weighted by Crippen LogP contribution is 2.21. The van der Waals surface area contributed by atoms with Crippen LogP contribution in [0.2, 0.25) is 0 Å². The maximum absolute atomic E-state index is 11.9. The van der Waals surface area contributed by atoms with Gasteiger partial charge in [-0.3, -0.25) is 4.79 Å². The van der Waals surface area contributed by atoms with E-state index in [-0.39, 0.29) is 12.0 Å². The number of hydrogen-bond acceptors (Lipinski definition) is 5. The number of carbonyl (C=O) groups is 1. The van der Waals surface area contributed by atoms with E-state index in [0.29, 0.717) is 19.5 Å². The lowest BCUT2D eigenvalue weighted by Gasteiger charge is -2.16. The molecule has 0 spiro atoms. The summed E-state index contributed by atoms with van der Waals surface area (Å²) in [6, 6.07) is 8.08. The molecule has 1 unspecified atom stereocenters. The van der Waals surface area contributed by atoms with Crippen molar-refractivity contribution in [1.82, 2.24) is 25.4 Å². The number of nitrogens with zero attached hydrogens (tertiary/aromatic N) is 5. The van der Waals surface area contributed by atoms with E-state index in [0.717, 1.165) is 67.8 Å². The van der Waals surface area contributed by atoms with Crippen molar-refractivity contribution in [1.29, 1.82) is 0 Å². The van der Waals surface area contributed by atoms with Crippen molar-refractivity contribution in [3.63, 3.8) is 0 Å². The Morgan fingerprint density at radius 2 is 2.06 bits per heavy atom. The third kappa shape index (κ3) is 5.41. The fraction of sp³-hybridized carbons (Fsp3) is 0.545. The molecule has 2 aliphatic heterocycles. The van der Waals surface area contributed by atoms with Gasteiger partial charge in [-0.25, -0.2) is 4.99 Å². The van der Waals surface area contributed by atoms with Crippen LogP contribution in [0, 0.1) is 6.92 Å². The van der Waals surface area contributed by atoms with Crippen molar-refractivity contribution in [2.75, 3.05) is 24.6 Å². The minimum absolute atomic E-state index is 0.203. The van der Waals surface area contributed by atoms with E-state index in [1.807, 2.05) is 47.7 Å². The smallest absolute Gasteiger partial charge is 0.227 e. The van der Waals surface area contributed by atoms with Gasteiger partial charge in [0.05, 0.1) is 19.2 Å². The molecule has 3 heterocycles. The van der Waals surface area contributed by atoms with Gasteiger partial charge >= 0.3 is 0 Å². The number of benzene rings is 1. The molecule has 0 radical (unpaired) electrons. The summed E-state index contributed by atoms with van der Waals surface area (Å²) in [6.45, 7) is 5.35. The first-order valence-corrected chi connectivity index (χ1v) is 11.0. The van der Waals surface area contributed by atoms with Crippen LogP contribution in [0.5, 0.6) is 0 Å². The molecule has 1 amide bonds. The number of nitrogens with one attached hydrogen (secondary N) is 2. The highest BCUT2D eigenvalue weighted by Gasteiger charge is 2.21. The summed E-state index contributed by atoms with van der Waals surface area (Å²) in [5.74, 6) is 2.65. The van der Waals surface area contributed by atoms with Crippen LogP contribution in [0.4, 0.5) is 5.69 Å². The molecule has 4 rings (SSSR count). The number of aromatic nitrogens is 3. The second kappa shape index (κ2) is 9.91. The zero-order chi connectivity index (χ0) is 21.6. The molecule has 1 atom stereocenters. The molecule has 1 aromatic carbocycles. The first-order valence-electron chi connectivity index (χ1n) is 11.0. The molecular formula is C22H31N7O2. The summed E-state index contributed by atoms with van der Waals surface area (Å²) in [7, 11) is 1.95. The molecule has 2 aliphatic rings. The fourth-order valence-electron chi connectivity index (χ4n) is 3.83. The number of ether oxygens (including phenoxy) is 1. The number of amides is 1. The van der Waals surface area contributed by atoms with Gasteiger partial charge in [0, 0.05) is 38.9 Å². The lowest BCUT2D eigenvalue weighted by atomic mass is 10.2.